The number of esters is 1. The third-order valence-corrected chi connectivity index (χ3v) is 4.58. The van der Waals surface area contributed by atoms with Crippen LogP contribution in [0.15, 0.2) is 65.8 Å². The van der Waals surface area contributed by atoms with Crippen LogP contribution in [0.4, 0.5) is 0 Å². The number of benzene rings is 3. The highest BCUT2D eigenvalue weighted by atomic mass is 35.5. The SMILES string of the molecule is Cc1cccc(C(=O)Oc2ccc(/C=N/NC(=O)c3cc(Cl)c(O)c(Cl)c3)cc2)c1. The Balaban J connectivity index is 1.59. The summed E-state index contributed by atoms with van der Waals surface area (Å²) in [6.07, 6.45) is 1.42. The summed E-state index contributed by atoms with van der Waals surface area (Å²) >= 11 is 11.6. The van der Waals surface area contributed by atoms with E-state index < -0.39 is 11.9 Å². The zero-order chi connectivity index (χ0) is 21.7. The number of ether oxygens (including phenoxy) is 1. The van der Waals surface area contributed by atoms with Gasteiger partial charge in [-0.05, 0) is 61.0 Å². The Morgan fingerprint density at radius 1 is 1.00 bits per heavy atom. The van der Waals surface area contributed by atoms with Crippen LogP contribution in [-0.2, 0) is 0 Å². The van der Waals surface area contributed by atoms with Gasteiger partial charge in [-0.25, -0.2) is 10.2 Å². The van der Waals surface area contributed by atoms with Crippen molar-refractivity contribution in [1.82, 2.24) is 5.43 Å². The van der Waals surface area contributed by atoms with Gasteiger partial charge in [-0.2, -0.15) is 5.10 Å². The Labute approximate surface area is 182 Å². The summed E-state index contributed by atoms with van der Waals surface area (Å²) < 4.78 is 5.34. The fourth-order valence-electron chi connectivity index (χ4n) is 2.49. The standard InChI is InChI=1S/C22H16Cl2N2O4/c1-13-3-2-4-15(9-13)22(29)30-17-7-5-14(6-8-17)12-25-26-21(28)16-10-18(23)20(27)19(24)11-16/h2-12,27H,1H3,(H,26,28)/b25-12+. The van der Waals surface area contributed by atoms with Crippen LogP contribution in [0.2, 0.25) is 10.0 Å². The normalized spacial score (nSPS) is 10.8. The Hall–Kier alpha value is -3.35. The first-order valence-corrected chi connectivity index (χ1v) is 9.49. The second-order valence-electron chi connectivity index (χ2n) is 6.32. The Morgan fingerprint density at radius 3 is 2.30 bits per heavy atom. The minimum Gasteiger partial charge on any atom is -0.505 e. The summed E-state index contributed by atoms with van der Waals surface area (Å²) in [6.45, 7) is 1.90. The maximum atomic E-state index is 12.2. The molecule has 0 saturated carbocycles. The molecule has 0 saturated heterocycles. The van der Waals surface area contributed by atoms with Crippen molar-refractivity contribution in [2.45, 2.75) is 6.92 Å². The first-order chi connectivity index (χ1) is 14.3. The molecule has 8 heteroatoms. The van der Waals surface area contributed by atoms with Crippen LogP contribution in [0.25, 0.3) is 0 Å². The predicted molar refractivity (Wildman–Crippen MR) is 116 cm³/mol. The van der Waals surface area contributed by atoms with Crippen molar-refractivity contribution in [1.29, 1.82) is 0 Å². The molecule has 0 heterocycles. The van der Waals surface area contributed by atoms with Crippen LogP contribution in [-0.4, -0.2) is 23.2 Å². The number of hydrogen-bond acceptors (Lipinski definition) is 5. The highest BCUT2D eigenvalue weighted by Crippen LogP contribution is 2.32. The molecule has 3 rings (SSSR count). The molecule has 0 aromatic heterocycles. The summed E-state index contributed by atoms with van der Waals surface area (Å²) in [5.41, 5.74) is 4.60. The summed E-state index contributed by atoms with van der Waals surface area (Å²) in [5.74, 6) is -0.894. The molecule has 0 aliphatic carbocycles. The van der Waals surface area contributed by atoms with Crippen LogP contribution in [0.1, 0.15) is 31.8 Å². The molecule has 3 aromatic rings. The van der Waals surface area contributed by atoms with Crippen molar-refractivity contribution < 1.29 is 19.4 Å². The van der Waals surface area contributed by atoms with Crippen molar-refractivity contribution in [3.05, 3.63) is 93.0 Å². The number of carbonyl (C=O) groups excluding carboxylic acids is 2. The molecule has 0 spiro atoms. The van der Waals surface area contributed by atoms with Crippen LogP contribution < -0.4 is 10.2 Å². The quantitative estimate of drug-likeness (QED) is 0.252. The molecule has 30 heavy (non-hydrogen) atoms. The van der Waals surface area contributed by atoms with E-state index in [9.17, 15) is 14.7 Å². The van der Waals surface area contributed by atoms with E-state index in [1.165, 1.54) is 18.3 Å². The molecule has 0 bridgehead atoms. The zero-order valence-electron chi connectivity index (χ0n) is 15.7. The number of rotatable bonds is 5. The zero-order valence-corrected chi connectivity index (χ0v) is 17.2. The van der Waals surface area contributed by atoms with Gasteiger partial charge in [0.1, 0.15) is 5.75 Å². The van der Waals surface area contributed by atoms with E-state index in [0.29, 0.717) is 16.9 Å². The molecule has 0 aliphatic rings. The number of phenols is 1. The Morgan fingerprint density at radius 2 is 1.67 bits per heavy atom. The summed E-state index contributed by atoms with van der Waals surface area (Å²) in [5, 5.41) is 13.3. The Kier molecular flexibility index (Phi) is 6.72. The lowest BCUT2D eigenvalue weighted by atomic mass is 10.1. The predicted octanol–water partition coefficient (Wildman–Crippen LogP) is 4.99. The molecule has 3 aromatic carbocycles. The highest BCUT2D eigenvalue weighted by Gasteiger charge is 2.12. The number of phenolic OH excluding ortho intramolecular Hbond substituents is 1. The lowest BCUT2D eigenvalue weighted by molar-refractivity contribution is 0.0734. The average Bonchev–Trinajstić information content (AvgIpc) is 2.72. The van der Waals surface area contributed by atoms with Gasteiger partial charge in [-0.15, -0.1) is 0 Å². The molecule has 0 aliphatic heterocycles. The van der Waals surface area contributed by atoms with Gasteiger partial charge in [0.15, 0.2) is 5.75 Å². The second kappa shape index (κ2) is 9.43. The van der Waals surface area contributed by atoms with E-state index in [4.69, 9.17) is 27.9 Å². The molecule has 0 unspecified atom stereocenters. The van der Waals surface area contributed by atoms with E-state index in [0.717, 1.165) is 5.56 Å². The molecular formula is C22H16Cl2N2O4. The number of nitrogens with zero attached hydrogens (tertiary/aromatic N) is 1. The first kappa shape index (κ1) is 21.4. The van der Waals surface area contributed by atoms with Gasteiger partial charge in [0, 0.05) is 5.56 Å². The number of amides is 1. The van der Waals surface area contributed by atoms with E-state index >= 15 is 0 Å². The van der Waals surface area contributed by atoms with E-state index in [1.807, 2.05) is 13.0 Å². The van der Waals surface area contributed by atoms with Crippen molar-refractivity contribution in [2.75, 3.05) is 0 Å². The molecule has 2 N–H and O–H groups in total. The lowest BCUT2D eigenvalue weighted by Crippen LogP contribution is -2.17. The summed E-state index contributed by atoms with van der Waals surface area (Å²) in [4.78, 5) is 24.3. The maximum Gasteiger partial charge on any atom is 0.343 e. The largest absolute Gasteiger partial charge is 0.505 e. The number of nitrogens with one attached hydrogen (secondary N) is 1. The van der Waals surface area contributed by atoms with Gasteiger partial charge < -0.3 is 9.84 Å². The van der Waals surface area contributed by atoms with E-state index in [1.54, 1.807) is 42.5 Å². The summed E-state index contributed by atoms with van der Waals surface area (Å²) in [7, 11) is 0. The van der Waals surface area contributed by atoms with Gasteiger partial charge in [-0.1, -0.05) is 40.9 Å². The van der Waals surface area contributed by atoms with Crippen LogP contribution >= 0.6 is 23.2 Å². The fourth-order valence-corrected chi connectivity index (χ4v) is 2.97. The molecular weight excluding hydrogens is 427 g/mol. The molecule has 0 atom stereocenters. The highest BCUT2D eigenvalue weighted by molar-refractivity contribution is 6.37. The monoisotopic (exact) mass is 442 g/mol. The van der Waals surface area contributed by atoms with E-state index in [2.05, 4.69) is 10.5 Å². The van der Waals surface area contributed by atoms with Gasteiger partial charge in [0.2, 0.25) is 0 Å². The maximum absolute atomic E-state index is 12.2. The van der Waals surface area contributed by atoms with Crippen LogP contribution in [0.5, 0.6) is 11.5 Å². The second-order valence-corrected chi connectivity index (χ2v) is 7.13. The first-order valence-electron chi connectivity index (χ1n) is 8.74. The third-order valence-electron chi connectivity index (χ3n) is 4.00. The number of hydrogen-bond donors (Lipinski definition) is 2. The van der Waals surface area contributed by atoms with Gasteiger partial charge in [0.05, 0.1) is 21.8 Å². The van der Waals surface area contributed by atoms with Gasteiger partial charge in [0.25, 0.3) is 5.91 Å². The number of aromatic hydroxyl groups is 1. The van der Waals surface area contributed by atoms with Gasteiger partial charge in [-0.3, -0.25) is 4.79 Å². The van der Waals surface area contributed by atoms with E-state index in [-0.39, 0.29) is 21.4 Å². The lowest BCUT2D eigenvalue weighted by Gasteiger charge is -2.05. The Bertz CT molecular complexity index is 1110. The van der Waals surface area contributed by atoms with Crippen molar-refractivity contribution in [3.8, 4) is 11.5 Å². The topological polar surface area (TPSA) is 88.0 Å². The van der Waals surface area contributed by atoms with Gasteiger partial charge >= 0.3 is 5.97 Å². The van der Waals surface area contributed by atoms with Crippen molar-refractivity contribution >= 4 is 41.3 Å². The summed E-state index contributed by atoms with van der Waals surface area (Å²) in [6, 6.07) is 16.3. The molecule has 152 valence electrons. The van der Waals surface area contributed by atoms with Crippen molar-refractivity contribution in [3.63, 3.8) is 0 Å². The van der Waals surface area contributed by atoms with Crippen LogP contribution in [0.3, 0.4) is 0 Å². The molecule has 0 radical (unpaired) electrons. The minimum absolute atomic E-state index is 0.0348. The number of aryl methyl sites for hydroxylation is 1. The smallest absolute Gasteiger partial charge is 0.343 e. The molecule has 6 nitrogen and oxygen atoms in total. The fraction of sp³-hybridized carbons (Fsp3) is 0.0455. The average molecular weight is 443 g/mol. The number of hydrazone groups is 1. The third kappa shape index (κ3) is 5.37. The van der Waals surface area contributed by atoms with Crippen molar-refractivity contribution in [2.24, 2.45) is 5.10 Å². The minimum atomic E-state index is -0.543. The molecule has 1 amide bonds. The number of halogens is 2. The number of carbonyl (C=O) groups is 2. The molecule has 0 fully saturated rings. The van der Waals surface area contributed by atoms with Crippen LogP contribution in [0, 0.1) is 6.92 Å².